The average Bonchev–Trinajstić information content (AvgIpc) is 3.32. The third kappa shape index (κ3) is 5.82. The van der Waals surface area contributed by atoms with Crippen molar-refractivity contribution in [3.05, 3.63) is 102 Å². The average molecular weight is 530 g/mol. The number of Topliss-reactive ketones (excluding diaryl/α,β-unsaturated/α-hetero) is 1. The summed E-state index contributed by atoms with van der Waals surface area (Å²) in [5.74, 6) is -0.0323. The van der Waals surface area contributed by atoms with Crippen molar-refractivity contribution in [3.8, 4) is 11.1 Å². The highest BCUT2D eigenvalue weighted by Crippen LogP contribution is 2.33. The molecule has 1 N–H and O–H groups in total. The number of alkyl halides is 3. The highest BCUT2D eigenvalue weighted by atomic mass is 19.4. The molecule has 198 valence electrons. The topological polar surface area (TPSA) is 72.7 Å². The Hall–Kier alpha value is -4.53. The number of hydrogen-bond acceptors (Lipinski definition) is 5. The number of nitrogens with zero attached hydrogens (tertiary/aromatic N) is 4. The molecule has 2 aromatic heterocycles. The second-order valence-corrected chi connectivity index (χ2v) is 9.68. The Labute approximate surface area is 223 Å². The van der Waals surface area contributed by atoms with E-state index in [1.54, 1.807) is 36.1 Å². The van der Waals surface area contributed by atoms with Gasteiger partial charge in [0.05, 0.1) is 23.0 Å². The lowest BCUT2D eigenvalue weighted by molar-refractivity contribution is -0.137. The Morgan fingerprint density at radius 1 is 1.05 bits per heavy atom. The van der Waals surface area contributed by atoms with E-state index in [1.165, 1.54) is 6.07 Å². The van der Waals surface area contributed by atoms with Gasteiger partial charge in [-0.05, 0) is 59.4 Å². The van der Waals surface area contributed by atoms with Crippen LogP contribution in [0.5, 0.6) is 0 Å². The molecule has 1 atom stereocenters. The standard InChI is InChI=1S/C30H26F3N5O/c1-18-7-8-22(28(39)11-19(2)20-5-4-6-24(13-20)30(31,32)33)14-26(18)21-9-10-27-23(12-21)15-34-29(37-27)36-25-16-35-38(3)17-25/h4-10,12-17,19H,11H2,1-3H3,(H,34,36,37). The van der Waals surface area contributed by atoms with Gasteiger partial charge in [-0.15, -0.1) is 0 Å². The molecule has 5 aromatic rings. The molecule has 0 saturated carbocycles. The summed E-state index contributed by atoms with van der Waals surface area (Å²) in [5, 5.41) is 8.10. The monoisotopic (exact) mass is 529 g/mol. The van der Waals surface area contributed by atoms with Gasteiger partial charge in [-0.3, -0.25) is 9.48 Å². The summed E-state index contributed by atoms with van der Waals surface area (Å²) < 4.78 is 41.1. The Morgan fingerprint density at radius 3 is 2.62 bits per heavy atom. The number of rotatable bonds is 7. The predicted molar refractivity (Wildman–Crippen MR) is 145 cm³/mol. The first-order chi connectivity index (χ1) is 18.6. The van der Waals surface area contributed by atoms with Crippen LogP contribution in [0.25, 0.3) is 22.0 Å². The lowest BCUT2D eigenvalue weighted by Gasteiger charge is -2.15. The Kier molecular flexibility index (Phi) is 6.91. The smallest absolute Gasteiger partial charge is 0.321 e. The van der Waals surface area contributed by atoms with E-state index in [9.17, 15) is 18.0 Å². The SMILES string of the molecule is Cc1ccc(C(=O)CC(C)c2cccc(C(F)(F)F)c2)cc1-c1ccc2nc(Nc3cnn(C)c3)ncc2c1. The summed E-state index contributed by atoms with van der Waals surface area (Å²) in [4.78, 5) is 22.1. The van der Waals surface area contributed by atoms with Gasteiger partial charge < -0.3 is 5.32 Å². The predicted octanol–water partition coefficient (Wildman–Crippen LogP) is 7.48. The summed E-state index contributed by atoms with van der Waals surface area (Å²) >= 11 is 0. The van der Waals surface area contributed by atoms with Crippen LogP contribution in [0, 0.1) is 6.92 Å². The first-order valence-corrected chi connectivity index (χ1v) is 12.4. The largest absolute Gasteiger partial charge is 0.416 e. The second kappa shape index (κ2) is 10.3. The maximum Gasteiger partial charge on any atom is 0.416 e. The van der Waals surface area contributed by atoms with E-state index in [4.69, 9.17) is 0 Å². The van der Waals surface area contributed by atoms with Crippen LogP contribution in [0.2, 0.25) is 0 Å². The van der Waals surface area contributed by atoms with Gasteiger partial charge in [0.1, 0.15) is 0 Å². The minimum Gasteiger partial charge on any atom is -0.321 e. The minimum absolute atomic E-state index is 0.0993. The van der Waals surface area contributed by atoms with E-state index < -0.39 is 11.7 Å². The summed E-state index contributed by atoms with van der Waals surface area (Å²) in [6.45, 7) is 3.74. The maximum atomic E-state index is 13.2. The van der Waals surface area contributed by atoms with Crippen LogP contribution in [0.1, 0.15) is 46.3 Å². The van der Waals surface area contributed by atoms with Gasteiger partial charge >= 0.3 is 6.18 Å². The van der Waals surface area contributed by atoms with E-state index in [1.807, 2.05) is 50.5 Å². The van der Waals surface area contributed by atoms with Crippen molar-refractivity contribution in [2.75, 3.05) is 5.32 Å². The molecule has 0 spiro atoms. The number of fused-ring (bicyclic) bond motifs is 1. The van der Waals surface area contributed by atoms with Gasteiger partial charge in [0.15, 0.2) is 5.78 Å². The van der Waals surface area contributed by atoms with Crippen LogP contribution < -0.4 is 5.32 Å². The molecule has 0 radical (unpaired) electrons. The van der Waals surface area contributed by atoms with Crippen molar-refractivity contribution < 1.29 is 18.0 Å². The van der Waals surface area contributed by atoms with E-state index in [0.717, 1.165) is 45.4 Å². The van der Waals surface area contributed by atoms with E-state index >= 15 is 0 Å². The van der Waals surface area contributed by atoms with Crippen molar-refractivity contribution in [2.24, 2.45) is 7.05 Å². The van der Waals surface area contributed by atoms with Gasteiger partial charge in [0.2, 0.25) is 5.95 Å². The number of anilines is 2. The molecule has 2 heterocycles. The number of halogens is 3. The van der Waals surface area contributed by atoms with Crippen LogP contribution in [0.15, 0.2) is 79.3 Å². The van der Waals surface area contributed by atoms with Gasteiger partial charge in [-0.2, -0.15) is 18.3 Å². The van der Waals surface area contributed by atoms with Crippen LogP contribution >= 0.6 is 0 Å². The van der Waals surface area contributed by atoms with Crippen molar-refractivity contribution >= 4 is 28.3 Å². The zero-order valence-electron chi connectivity index (χ0n) is 21.6. The van der Waals surface area contributed by atoms with Gasteiger partial charge in [0, 0.05) is 36.8 Å². The lowest BCUT2D eigenvalue weighted by atomic mass is 9.90. The number of benzene rings is 3. The van der Waals surface area contributed by atoms with Crippen molar-refractivity contribution in [3.63, 3.8) is 0 Å². The molecule has 0 saturated heterocycles. The summed E-state index contributed by atoms with van der Waals surface area (Å²) in [7, 11) is 1.83. The van der Waals surface area contributed by atoms with Gasteiger partial charge in [-0.1, -0.05) is 43.3 Å². The molecule has 0 amide bonds. The number of carbonyl (C=O) groups is 1. The van der Waals surface area contributed by atoms with Crippen LogP contribution in [0.3, 0.4) is 0 Å². The number of ketones is 1. The van der Waals surface area contributed by atoms with E-state index in [2.05, 4.69) is 20.4 Å². The first-order valence-electron chi connectivity index (χ1n) is 12.4. The Bertz CT molecular complexity index is 1680. The maximum absolute atomic E-state index is 13.2. The molecular formula is C30H26F3N5O. The third-order valence-electron chi connectivity index (χ3n) is 6.69. The zero-order valence-corrected chi connectivity index (χ0v) is 21.6. The normalized spacial score (nSPS) is 12.5. The molecular weight excluding hydrogens is 503 g/mol. The van der Waals surface area contributed by atoms with Gasteiger partial charge in [0.25, 0.3) is 0 Å². The highest BCUT2D eigenvalue weighted by Gasteiger charge is 2.30. The van der Waals surface area contributed by atoms with Crippen LogP contribution in [-0.2, 0) is 13.2 Å². The molecule has 1 unspecified atom stereocenters. The molecule has 9 heteroatoms. The fourth-order valence-electron chi connectivity index (χ4n) is 4.52. The number of aryl methyl sites for hydroxylation is 2. The van der Waals surface area contributed by atoms with Crippen molar-refractivity contribution in [1.29, 1.82) is 0 Å². The molecule has 0 aliphatic rings. The van der Waals surface area contributed by atoms with E-state index in [0.29, 0.717) is 17.1 Å². The molecule has 5 rings (SSSR count). The third-order valence-corrected chi connectivity index (χ3v) is 6.69. The molecule has 39 heavy (non-hydrogen) atoms. The first kappa shape index (κ1) is 26.1. The quantitative estimate of drug-likeness (QED) is 0.221. The Balaban J connectivity index is 1.36. The number of hydrogen-bond donors (Lipinski definition) is 1. The molecule has 0 bridgehead atoms. The minimum atomic E-state index is -4.42. The van der Waals surface area contributed by atoms with Gasteiger partial charge in [-0.25, -0.2) is 9.97 Å². The van der Waals surface area contributed by atoms with Crippen LogP contribution in [-0.4, -0.2) is 25.5 Å². The molecule has 0 aliphatic carbocycles. The molecule has 0 aliphatic heterocycles. The fraction of sp³-hybridized carbons (Fsp3) is 0.200. The molecule has 6 nitrogen and oxygen atoms in total. The number of nitrogens with one attached hydrogen (secondary N) is 1. The summed E-state index contributed by atoms with van der Waals surface area (Å²) in [6, 6.07) is 16.5. The van der Waals surface area contributed by atoms with E-state index in [-0.39, 0.29) is 18.1 Å². The van der Waals surface area contributed by atoms with Crippen molar-refractivity contribution in [2.45, 2.75) is 32.4 Å². The zero-order chi connectivity index (χ0) is 27.7. The van der Waals surface area contributed by atoms with Crippen LogP contribution in [0.4, 0.5) is 24.8 Å². The second-order valence-electron chi connectivity index (χ2n) is 9.68. The highest BCUT2D eigenvalue weighted by molar-refractivity contribution is 5.98. The van der Waals surface area contributed by atoms with Crippen molar-refractivity contribution in [1.82, 2.24) is 19.7 Å². The Morgan fingerprint density at radius 2 is 1.87 bits per heavy atom. The molecule has 3 aromatic carbocycles. The number of carbonyl (C=O) groups excluding carboxylic acids is 1. The summed E-state index contributed by atoms with van der Waals surface area (Å²) in [6.07, 6.45) is 0.934. The fourth-order valence-corrected chi connectivity index (χ4v) is 4.52. The lowest BCUT2D eigenvalue weighted by Crippen LogP contribution is -2.09. The number of aromatic nitrogens is 4. The molecule has 0 fully saturated rings. The summed E-state index contributed by atoms with van der Waals surface area (Å²) in [5.41, 5.74) is 4.64.